The Morgan fingerprint density at radius 3 is 2.86 bits per heavy atom. The maximum atomic E-state index is 5.39. The van der Waals surface area contributed by atoms with E-state index in [0.29, 0.717) is 12.1 Å². The van der Waals surface area contributed by atoms with Crippen molar-refractivity contribution in [1.82, 2.24) is 0 Å². The molecule has 0 aromatic heterocycles. The van der Waals surface area contributed by atoms with Crippen molar-refractivity contribution in [1.29, 1.82) is 0 Å². The van der Waals surface area contributed by atoms with Crippen molar-refractivity contribution < 1.29 is 4.74 Å². The number of hydrogen-bond donors (Lipinski definition) is 1. The highest BCUT2D eigenvalue weighted by atomic mass is 16.5. The number of aliphatic imine (C=N–C) groups is 1. The van der Waals surface area contributed by atoms with Crippen molar-refractivity contribution in [2.24, 2.45) is 4.99 Å². The van der Waals surface area contributed by atoms with Crippen molar-refractivity contribution in [3.05, 3.63) is 30.3 Å². The molecule has 0 bridgehead atoms. The van der Waals surface area contributed by atoms with Crippen LogP contribution in [0.1, 0.15) is 13.3 Å². The number of nitrogens with zero attached hydrogens (tertiary/aromatic N) is 1. The fourth-order valence-electron chi connectivity index (χ4n) is 1.34. The molecule has 74 valence electrons. The molecule has 1 N–H and O–H groups in total. The summed E-state index contributed by atoms with van der Waals surface area (Å²) in [5.74, 6) is 0. The van der Waals surface area contributed by atoms with Crippen LogP contribution in [-0.4, -0.2) is 18.7 Å². The lowest BCUT2D eigenvalue weighted by molar-refractivity contribution is 0.263. The van der Waals surface area contributed by atoms with Crippen LogP contribution in [0.15, 0.2) is 35.3 Å². The van der Waals surface area contributed by atoms with Crippen molar-refractivity contribution in [2.45, 2.75) is 19.4 Å². The number of para-hydroxylation sites is 1. The van der Waals surface area contributed by atoms with E-state index >= 15 is 0 Å². The van der Waals surface area contributed by atoms with Gasteiger partial charge in [0.15, 0.2) is 0 Å². The fourth-order valence-corrected chi connectivity index (χ4v) is 1.34. The Bertz CT molecular complexity index is 321. The van der Waals surface area contributed by atoms with E-state index in [9.17, 15) is 0 Å². The van der Waals surface area contributed by atoms with Gasteiger partial charge in [0.05, 0.1) is 12.6 Å². The van der Waals surface area contributed by atoms with Gasteiger partial charge in [-0.15, -0.1) is 0 Å². The van der Waals surface area contributed by atoms with Crippen LogP contribution in [0.2, 0.25) is 0 Å². The third-order valence-electron chi connectivity index (χ3n) is 2.14. The van der Waals surface area contributed by atoms with Gasteiger partial charge in [0.1, 0.15) is 0 Å². The molecular weight excluding hydrogens is 176 g/mol. The molecule has 1 aromatic carbocycles. The predicted molar refractivity (Wildman–Crippen MR) is 57.5 cm³/mol. The normalized spacial score (nSPS) is 20.9. The lowest BCUT2D eigenvalue weighted by atomic mass is 10.2. The first-order valence-electron chi connectivity index (χ1n) is 4.87. The van der Waals surface area contributed by atoms with E-state index in [-0.39, 0.29) is 0 Å². The third kappa shape index (κ3) is 2.25. The number of ether oxygens (including phenoxy) is 1. The average molecular weight is 190 g/mol. The molecule has 0 saturated carbocycles. The van der Waals surface area contributed by atoms with E-state index < -0.39 is 0 Å². The molecule has 0 aliphatic carbocycles. The van der Waals surface area contributed by atoms with E-state index in [2.05, 4.69) is 17.2 Å². The Morgan fingerprint density at radius 1 is 1.36 bits per heavy atom. The molecular formula is C11H14N2O. The lowest BCUT2D eigenvalue weighted by Crippen LogP contribution is -2.25. The minimum atomic E-state index is 0.356. The summed E-state index contributed by atoms with van der Waals surface area (Å²) in [5, 5.41) is 3.14. The monoisotopic (exact) mass is 190 g/mol. The molecule has 14 heavy (non-hydrogen) atoms. The van der Waals surface area contributed by atoms with Crippen molar-refractivity contribution in [3.63, 3.8) is 0 Å². The van der Waals surface area contributed by atoms with Crippen molar-refractivity contribution in [3.8, 4) is 0 Å². The Morgan fingerprint density at radius 2 is 2.14 bits per heavy atom. The zero-order valence-electron chi connectivity index (χ0n) is 8.23. The van der Waals surface area contributed by atoms with Gasteiger partial charge in [0.2, 0.25) is 0 Å². The van der Waals surface area contributed by atoms with E-state index in [4.69, 9.17) is 4.74 Å². The maximum absolute atomic E-state index is 5.39. The number of anilines is 1. The molecule has 0 spiro atoms. The van der Waals surface area contributed by atoms with Crippen LogP contribution in [0.5, 0.6) is 0 Å². The molecule has 1 aliphatic heterocycles. The molecule has 2 rings (SSSR count). The highest BCUT2D eigenvalue weighted by molar-refractivity contribution is 5.89. The first-order valence-corrected chi connectivity index (χ1v) is 4.87. The lowest BCUT2D eigenvalue weighted by Gasteiger charge is -2.18. The van der Waals surface area contributed by atoms with Crippen LogP contribution < -0.4 is 5.32 Å². The van der Waals surface area contributed by atoms with Gasteiger partial charge < -0.3 is 10.1 Å². The van der Waals surface area contributed by atoms with E-state index in [0.717, 1.165) is 18.7 Å². The third-order valence-corrected chi connectivity index (χ3v) is 2.14. The SMILES string of the molecule is CC1CCOC(Nc2ccccc2)=N1. The quantitative estimate of drug-likeness (QED) is 0.737. The Labute approximate surface area is 83.8 Å². The van der Waals surface area contributed by atoms with Crippen molar-refractivity contribution >= 4 is 11.7 Å². The topological polar surface area (TPSA) is 33.6 Å². The summed E-state index contributed by atoms with van der Waals surface area (Å²) in [5.41, 5.74) is 1.01. The van der Waals surface area contributed by atoms with E-state index in [1.54, 1.807) is 0 Å². The standard InChI is InChI=1S/C11H14N2O/c1-9-7-8-14-11(12-9)13-10-5-3-2-4-6-10/h2-6,9H,7-8H2,1H3,(H,12,13). The minimum Gasteiger partial charge on any atom is -0.465 e. The van der Waals surface area contributed by atoms with Gasteiger partial charge >= 0.3 is 0 Å². The van der Waals surface area contributed by atoms with Crippen LogP contribution >= 0.6 is 0 Å². The van der Waals surface area contributed by atoms with Gasteiger partial charge in [0, 0.05) is 12.1 Å². The van der Waals surface area contributed by atoms with E-state index in [1.165, 1.54) is 0 Å². The number of nitrogens with one attached hydrogen (secondary N) is 1. The number of rotatable bonds is 1. The van der Waals surface area contributed by atoms with Gasteiger partial charge in [-0.3, -0.25) is 0 Å². The Balaban J connectivity index is 2.04. The summed E-state index contributed by atoms with van der Waals surface area (Å²) >= 11 is 0. The molecule has 1 aliphatic rings. The predicted octanol–water partition coefficient (Wildman–Crippen LogP) is 2.26. The maximum Gasteiger partial charge on any atom is 0.289 e. The zero-order valence-corrected chi connectivity index (χ0v) is 8.23. The highest BCUT2D eigenvalue weighted by Gasteiger charge is 2.11. The molecule has 1 aromatic rings. The van der Waals surface area contributed by atoms with Gasteiger partial charge in [-0.2, -0.15) is 0 Å². The highest BCUT2D eigenvalue weighted by Crippen LogP contribution is 2.10. The molecule has 1 atom stereocenters. The molecule has 1 unspecified atom stereocenters. The number of hydrogen-bond acceptors (Lipinski definition) is 3. The summed E-state index contributed by atoms with van der Waals surface area (Å²) in [4.78, 5) is 4.36. The van der Waals surface area contributed by atoms with Crippen molar-refractivity contribution in [2.75, 3.05) is 11.9 Å². The molecule has 3 heteroatoms. The first kappa shape index (κ1) is 9.06. The second kappa shape index (κ2) is 4.13. The first-order chi connectivity index (χ1) is 6.84. The van der Waals surface area contributed by atoms with Crippen LogP contribution in [0.25, 0.3) is 0 Å². The smallest absolute Gasteiger partial charge is 0.289 e. The van der Waals surface area contributed by atoms with Crippen LogP contribution in [0.4, 0.5) is 5.69 Å². The Kier molecular flexibility index (Phi) is 2.68. The zero-order chi connectivity index (χ0) is 9.80. The molecule has 1 heterocycles. The number of amidine groups is 1. The Hall–Kier alpha value is -1.51. The summed E-state index contributed by atoms with van der Waals surface area (Å²) in [6, 6.07) is 10.9. The number of benzene rings is 1. The van der Waals surface area contributed by atoms with Gasteiger partial charge in [-0.05, 0) is 19.1 Å². The second-order valence-corrected chi connectivity index (χ2v) is 3.41. The molecule has 3 nitrogen and oxygen atoms in total. The fraction of sp³-hybridized carbons (Fsp3) is 0.364. The van der Waals surface area contributed by atoms with Crippen LogP contribution in [0.3, 0.4) is 0 Å². The van der Waals surface area contributed by atoms with Gasteiger partial charge in [0.25, 0.3) is 6.02 Å². The van der Waals surface area contributed by atoms with E-state index in [1.807, 2.05) is 30.3 Å². The largest absolute Gasteiger partial charge is 0.465 e. The van der Waals surface area contributed by atoms with Gasteiger partial charge in [-0.1, -0.05) is 18.2 Å². The summed E-state index contributed by atoms with van der Waals surface area (Å²) in [6.07, 6.45) is 1.000. The van der Waals surface area contributed by atoms with Crippen LogP contribution in [-0.2, 0) is 4.74 Å². The second-order valence-electron chi connectivity index (χ2n) is 3.41. The average Bonchev–Trinajstić information content (AvgIpc) is 2.19. The molecule has 0 amide bonds. The molecule has 0 saturated heterocycles. The minimum absolute atomic E-state index is 0.356. The summed E-state index contributed by atoms with van der Waals surface area (Å²) < 4.78 is 5.39. The van der Waals surface area contributed by atoms with Gasteiger partial charge in [-0.25, -0.2) is 4.99 Å². The molecule has 0 radical (unpaired) electrons. The van der Waals surface area contributed by atoms with Crippen LogP contribution in [0, 0.1) is 0 Å². The molecule has 0 fully saturated rings. The summed E-state index contributed by atoms with van der Waals surface area (Å²) in [7, 11) is 0. The summed E-state index contributed by atoms with van der Waals surface area (Å²) in [6.45, 7) is 2.84.